The Balaban J connectivity index is 1.82. The highest BCUT2D eigenvalue weighted by Gasteiger charge is 2.24. The number of rotatable bonds is 4. The Hall–Kier alpha value is -2.66. The van der Waals surface area contributed by atoms with Gasteiger partial charge >= 0.3 is 5.97 Å². The van der Waals surface area contributed by atoms with Crippen molar-refractivity contribution in [1.29, 1.82) is 0 Å². The fourth-order valence-corrected chi connectivity index (χ4v) is 2.69. The maximum atomic E-state index is 12.7. The minimum Gasteiger partial charge on any atom is -0.451 e. The van der Waals surface area contributed by atoms with Crippen molar-refractivity contribution in [1.82, 2.24) is 9.97 Å². The highest BCUT2D eigenvalue weighted by Crippen LogP contribution is 2.24. The summed E-state index contributed by atoms with van der Waals surface area (Å²) in [6, 6.07) is 10.5. The predicted octanol–water partition coefficient (Wildman–Crippen LogP) is 3.95. The molecule has 1 atom stereocenters. The van der Waals surface area contributed by atoms with E-state index in [0.717, 1.165) is 16.6 Å². The maximum absolute atomic E-state index is 12.7. The summed E-state index contributed by atoms with van der Waals surface area (Å²) in [6.07, 6.45) is 0.407. The number of nitrogens with one attached hydrogen (secondary N) is 1. The van der Waals surface area contributed by atoms with Crippen LogP contribution in [0.4, 0.5) is 0 Å². The first kappa shape index (κ1) is 16.2. The number of ether oxygens (including phenoxy) is 1. The Labute approximate surface area is 143 Å². The molecule has 0 spiro atoms. The van der Waals surface area contributed by atoms with Crippen molar-refractivity contribution in [2.24, 2.45) is 0 Å². The molecular weight excluding hydrogens is 328 g/mol. The molecule has 1 aromatic carbocycles. The van der Waals surface area contributed by atoms with Crippen LogP contribution < -0.4 is 0 Å². The Kier molecular flexibility index (Phi) is 4.36. The molecule has 0 aliphatic rings. The second kappa shape index (κ2) is 6.45. The first-order chi connectivity index (χ1) is 11.5. The summed E-state index contributed by atoms with van der Waals surface area (Å²) in [5.41, 5.74) is 2.41. The number of pyridine rings is 1. The van der Waals surface area contributed by atoms with Gasteiger partial charge in [0.05, 0.1) is 5.56 Å². The van der Waals surface area contributed by atoms with Gasteiger partial charge in [-0.3, -0.25) is 4.79 Å². The van der Waals surface area contributed by atoms with Gasteiger partial charge in [-0.25, -0.2) is 9.78 Å². The smallest absolute Gasteiger partial charge is 0.340 e. The van der Waals surface area contributed by atoms with Gasteiger partial charge in [0.1, 0.15) is 5.15 Å². The summed E-state index contributed by atoms with van der Waals surface area (Å²) in [4.78, 5) is 31.9. The summed E-state index contributed by atoms with van der Waals surface area (Å²) in [5, 5.41) is 1.10. The summed E-state index contributed by atoms with van der Waals surface area (Å²) in [5.74, 6) is -0.863. The summed E-state index contributed by atoms with van der Waals surface area (Å²) in [6.45, 7) is 3.38. The van der Waals surface area contributed by atoms with Crippen molar-refractivity contribution in [3.8, 4) is 0 Å². The number of esters is 1. The third-order valence-corrected chi connectivity index (χ3v) is 3.98. The number of aryl methyl sites for hydroxylation is 1. The average molecular weight is 343 g/mol. The number of aromatic nitrogens is 2. The maximum Gasteiger partial charge on any atom is 0.340 e. The number of ketones is 1. The molecule has 3 rings (SSSR count). The van der Waals surface area contributed by atoms with Crippen molar-refractivity contribution >= 4 is 34.3 Å². The number of carbonyl (C=O) groups excluding carboxylic acids is 2. The number of benzene rings is 1. The van der Waals surface area contributed by atoms with Crippen molar-refractivity contribution in [3.05, 3.63) is 64.6 Å². The molecule has 0 saturated heterocycles. The summed E-state index contributed by atoms with van der Waals surface area (Å²) < 4.78 is 5.28. The molecule has 0 unspecified atom stereocenters. The second-order valence-electron chi connectivity index (χ2n) is 5.45. The molecule has 2 aromatic heterocycles. The van der Waals surface area contributed by atoms with Gasteiger partial charge in [-0.15, -0.1) is 0 Å². The topological polar surface area (TPSA) is 72.1 Å². The number of para-hydroxylation sites is 1. The number of hydrogen-bond donors (Lipinski definition) is 1. The van der Waals surface area contributed by atoms with Crippen molar-refractivity contribution < 1.29 is 14.3 Å². The lowest BCUT2D eigenvalue weighted by molar-refractivity contribution is 0.0318. The Morgan fingerprint density at radius 2 is 1.96 bits per heavy atom. The van der Waals surface area contributed by atoms with Gasteiger partial charge in [-0.2, -0.15) is 0 Å². The van der Waals surface area contributed by atoms with Gasteiger partial charge < -0.3 is 9.72 Å². The molecule has 0 radical (unpaired) electrons. The molecule has 0 fully saturated rings. The molecule has 0 aliphatic heterocycles. The van der Waals surface area contributed by atoms with E-state index in [1.54, 1.807) is 6.92 Å². The highest BCUT2D eigenvalue weighted by molar-refractivity contribution is 6.29. The second-order valence-corrected chi connectivity index (χ2v) is 5.84. The number of halogens is 1. The predicted molar refractivity (Wildman–Crippen MR) is 91.5 cm³/mol. The number of carbonyl (C=O) groups is 2. The van der Waals surface area contributed by atoms with Gasteiger partial charge in [-0.05, 0) is 32.0 Å². The molecule has 5 nitrogen and oxygen atoms in total. The van der Waals surface area contributed by atoms with Crippen molar-refractivity contribution in [2.75, 3.05) is 0 Å². The van der Waals surface area contributed by atoms with Crippen molar-refractivity contribution in [3.63, 3.8) is 0 Å². The Morgan fingerprint density at radius 1 is 1.21 bits per heavy atom. The molecule has 3 aromatic rings. The van der Waals surface area contributed by atoms with E-state index in [9.17, 15) is 9.59 Å². The van der Waals surface area contributed by atoms with E-state index in [4.69, 9.17) is 16.3 Å². The van der Waals surface area contributed by atoms with Crippen LogP contribution in [-0.2, 0) is 4.74 Å². The summed E-state index contributed by atoms with van der Waals surface area (Å²) in [7, 11) is 0. The first-order valence-electron chi connectivity index (χ1n) is 7.41. The SMILES string of the molecule is Cc1[nH]c2ccccc2c1C(=O)[C@H](C)OC(=O)c1ccc(Cl)nc1. The van der Waals surface area contributed by atoms with Crippen LogP contribution in [0.2, 0.25) is 5.15 Å². The zero-order valence-corrected chi connectivity index (χ0v) is 13.9. The lowest BCUT2D eigenvalue weighted by Gasteiger charge is -2.12. The normalized spacial score (nSPS) is 12.1. The van der Waals surface area contributed by atoms with Crippen molar-refractivity contribution in [2.45, 2.75) is 20.0 Å². The van der Waals surface area contributed by atoms with Crippen LogP contribution in [0.1, 0.15) is 33.3 Å². The minimum atomic E-state index is -0.911. The third-order valence-electron chi connectivity index (χ3n) is 3.76. The van der Waals surface area contributed by atoms with Gasteiger partial charge in [0.2, 0.25) is 5.78 Å². The minimum absolute atomic E-state index is 0.245. The van der Waals surface area contributed by atoms with E-state index >= 15 is 0 Å². The molecule has 6 heteroatoms. The van der Waals surface area contributed by atoms with E-state index in [1.807, 2.05) is 31.2 Å². The Morgan fingerprint density at radius 3 is 2.67 bits per heavy atom. The standard InChI is InChI=1S/C18H15ClN2O3/c1-10-16(13-5-3-4-6-14(13)21-10)17(22)11(2)24-18(23)12-7-8-15(19)20-9-12/h3-9,11,21H,1-2H3/t11-/m0/s1. The number of Topliss-reactive ketones (excluding diaryl/α,β-unsaturated/α-hetero) is 1. The van der Waals surface area contributed by atoms with Gasteiger partial charge in [0.25, 0.3) is 0 Å². The molecule has 1 N–H and O–H groups in total. The van der Waals surface area contributed by atoms with Crippen LogP contribution in [0.5, 0.6) is 0 Å². The molecule has 24 heavy (non-hydrogen) atoms. The lowest BCUT2D eigenvalue weighted by Crippen LogP contribution is -2.25. The van der Waals surface area contributed by atoms with Gasteiger partial charge in [0, 0.05) is 28.4 Å². The molecular formula is C18H15ClN2O3. The van der Waals surface area contributed by atoms with Crippen LogP contribution in [0.3, 0.4) is 0 Å². The third kappa shape index (κ3) is 3.03. The Bertz CT molecular complexity index is 916. The fraction of sp³-hybridized carbons (Fsp3) is 0.167. The number of nitrogens with zero attached hydrogens (tertiary/aromatic N) is 1. The van der Waals surface area contributed by atoms with Crippen LogP contribution in [0.25, 0.3) is 10.9 Å². The van der Waals surface area contributed by atoms with Gasteiger partial charge in [0.15, 0.2) is 6.10 Å². The molecule has 0 aliphatic carbocycles. The van der Waals surface area contributed by atoms with Crippen LogP contribution in [-0.4, -0.2) is 27.8 Å². The molecule has 2 heterocycles. The highest BCUT2D eigenvalue weighted by atomic mass is 35.5. The van der Waals surface area contributed by atoms with Gasteiger partial charge in [-0.1, -0.05) is 29.8 Å². The largest absolute Gasteiger partial charge is 0.451 e. The molecule has 0 bridgehead atoms. The number of fused-ring (bicyclic) bond motifs is 1. The van der Waals surface area contributed by atoms with Crippen LogP contribution in [0, 0.1) is 6.92 Å². The quantitative estimate of drug-likeness (QED) is 0.442. The summed E-state index contributed by atoms with van der Waals surface area (Å²) >= 11 is 5.69. The van der Waals surface area contributed by atoms with Crippen LogP contribution >= 0.6 is 11.6 Å². The zero-order valence-electron chi connectivity index (χ0n) is 13.2. The molecule has 0 saturated carbocycles. The average Bonchev–Trinajstić information content (AvgIpc) is 2.90. The zero-order chi connectivity index (χ0) is 17.3. The lowest BCUT2D eigenvalue weighted by atomic mass is 10.0. The van der Waals surface area contributed by atoms with Crippen LogP contribution in [0.15, 0.2) is 42.6 Å². The first-order valence-corrected chi connectivity index (χ1v) is 7.79. The monoisotopic (exact) mass is 342 g/mol. The van der Waals surface area contributed by atoms with E-state index in [2.05, 4.69) is 9.97 Å². The van der Waals surface area contributed by atoms with E-state index in [1.165, 1.54) is 18.3 Å². The number of hydrogen-bond acceptors (Lipinski definition) is 4. The van der Waals surface area contributed by atoms with E-state index < -0.39 is 12.1 Å². The van der Waals surface area contributed by atoms with E-state index in [-0.39, 0.29) is 16.5 Å². The molecule has 122 valence electrons. The number of H-pyrrole nitrogens is 1. The number of aromatic amines is 1. The fourth-order valence-electron chi connectivity index (χ4n) is 2.58. The molecule has 0 amide bonds. The van der Waals surface area contributed by atoms with E-state index in [0.29, 0.717) is 5.56 Å².